The fourth-order valence-electron chi connectivity index (χ4n) is 2.43. The second kappa shape index (κ2) is 4.69. The summed E-state index contributed by atoms with van der Waals surface area (Å²) in [5.74, 6) is 1.69. The first kappa shape index (κ1) is 10.5. The fraction of sp³-hybridized carbons (Fsp3) is 0.571. The maximum Gasteiger partial charge on any atom is 0.0366 e. The highest BCUT2D eigenvalue weighted by atomic mass is 15.1. The molecule has 0 aliphatic carbocycles. The Hall–Kier alpha value is -0.980. The number of piperidine rings is 1. The lowest BCUT2D eigenvalue weighted by atomic mass is 9.88. The molecule has 82 valence electrons. The summed E-state index contributed by atoms with van der Waals surface area (Å²) in [7, 11) is 0. The van der Waals surface area contributed by atoms with Gasteiger partial charge in [0.2, 0.25) is 0 Å². The number of rotatable bonds is 2. The van der Waals surface area contributed by atoms with Gasteiger partial charge in [-0.2, -0.15) is 0 Å². The second-order valence-electron chi connectivity index (χ2n) is 4.93. The van der Waals surface area contributed by atoms with Crippen LogP contribution >= 0.6 is 0 Å². The van der Waals surface area contributed by atoms with Crippen molar-refractivity contribution in [2.75, 3.05) is 18.0 Å². The van der Waals surface area contributed by atoms with Crippen molar-refractivity contribution in [1.82, 2.24) is 0 Å². The van der Waals surface area contributed by atoms with Crippen molar-refractivity contribution in [2.24, 2.45) is 11.8 Å². The molecule has 1 heteroatoms. The van der Waals surface area contributed by atoms with Gasteiger partial charge in [-0.3, -0.25) is 0 Å². The number of para-hydroxylation sites is 1. The van der Waals surface area contributed by atoms with E-state index in [-0.39, 0.29) is 0 Å². The number of benzene rings is 1. The van der Waals surface area contributed by atoms with Crippen molar-refractivity contribution in [3.63, 3.8) is 0 Å². The molecule has 1 aliphatic rings. The molecule has 1 aliphatic heterocycles. The van der Waals surface area contributed by atoms with Crippen LogP contribution in [-0.2, 0) is 0 Å². The highest BCUT2D eigenvalue weighted by molar-refractivity contribution is 5.46. The molecular formula is C14H21N. The van der Waals surface area contributed by atoms with Crippen LogP contribution in [0.3, 0.4) is 0 Å². The van der Waals surface area contributed by atoms with Gasteiger partial charge in [-0.1, -0.05) is 32.0 Å². The van der Waals surface area contributed by atoms with E-state index in [9.17, 15) is 0 Å². The molecule has 1 nitrogen and oxygen atoms in total. The lowest BCUT2D eigenvalue weighted by Crippen LogP contribution is -2.37. The molecule has 1 fully saturated rings. The molecule has 1 aromatic rings. The maximum absolute atomic E-state index is 2.54. The highest BCUT2D eigenvalue weighted by Gasteiger charge is 2.22. The van der Waals surface area contributed by atoms with Crippen LogP contribution in [0.1, 0.15) is 26.7 Å². The predicted octanol–water partition coefficient (Wildman–Crippen LogP) is 3.56. The van der Waals surface area contributed by atoms with Gasteiger partial charge < -0.3 is 4.90 Å². The summed E-state index contributed by atoms with van der Waals surface area (Å²) in [6.07, 6.45) is 2.75. The molecule has 0 saturated carbocycles. The van der Waals surface area contributed by atoms with Gasteiger partial charge in [0.25, 0.3) is 0 Å². The molecule has 0 radical (unpaired) electrons. The van der Waals surface area contributed by atoms with E-state index in [0.717, 1.165) is 11.8 Å². The van der Waals surface area contributed by atoms with Crippen LogP contribution in [0.4, 0.5) is 5.69 Å². The average Bonchev–Trinajstić information content (AvgIpc) is 2.30. The number of hydrogen-bond donors (Lipinski definition) is 0. The molecule has 1 saturated heterocycles. The van der Waals surface area contributed by atoms with Crippen molar-refractivity contribution < 1.29 is 0 Å². The minimum atomic E-state index is 0.816. The van der Waals surface area contributed by atoms with Gasteiger partial charge in [-0.15, -0.1) is 0 Å². The first-order chi connectivity index (χ1) is 7.27. The van der Waals surface area contributed by atoms with E-state index in [2.05, 4.69) is 49.1 Å². The summed E-state index contributed by atoms with van der Waals surface area (Å²) < 4.78 is 0. The zero-order valence-electron chi connectivity index (χ0n) is 9.82. The standard InChI is InChI=1S/C14H21N/c1-12(2)13-7-6-10-15(11-13)14-8-4-3-5-9-14/h3-5,8-9,12-13H,6-7,10-11H2,1-2H3. The van der Waals surface area contributed by atoms with E-state index in [1.807, 2.05) is 0 Å². The Morgan fingerprint density at radius 2 is 1.93 bits per heavy atom. The Morgan fingerprint density at radius 3 is 2.60 bits per heavy atom. The number of nitrogens with zero attached hydrogens (tertiary/aromatic N) is 1. The fourth-order valence-corrected chi connectivity index (χ4v) is 2.43. The zero-order chi connectivity index (χ0) is 10.7. The summed E-state index contributed by atoms with van der Waals surface area (Å²) in [4.78, 5) is 2.54. The van der Waals surface area contributed by atoms with Crippen LogP contribution in [0, 0.1) is 11.8 Å². The largest absolute Gasteiger partial charge is 0.371 e. The van der Waals surface area contributed by atoms with Crippen molar-refractivity contribution >= 4 is 5.69 Å². The average molecular weight is 203 g/mol. The minimum absolute atomic E-state index is 0.816. The number of anilines is 1. The van der Waals surface area contributed by atoms with Gasteiger partial charge in [-0.25, -0.2) is 0 Å². The molecule has 0 spiro atoms. The van der Waals surface area contributed by atoms with Gasteiger partial charge >= 0.3 is 0 Å². The molecule has 0 aromatic heterocycles. The van der Waals surface area contributed by atoms with E-state index in [1.165, 1.54) is 31.6 Å². The Kier molecular flexibility index (Phi) is 3.30. The van der Waals surface area contributed by atoms with Gasteiger partial charge in [-0.05, 0) is 36.8 Å². The van der Waals surface area contributed by atoms with Gasteiger partial charge in [0, 0.05) is 18.8 Å². The summed E-state index contributed by atoms with van der Waals surface area (Å²) in [6, 6.07) is 10.8. The SMILES string of the molecule is CC(C)C1CCCN(c2ccccc2)C1. The normalized spacial score (nSPS) is 22.1. The molecule has 0 bridgehead atoms. The van der Waals surface area contributed by atoms with Crippen molar-refractivity contribution in [1.29, 1.82) is 0 Å². The summed E-state index contributed by atoms with van der Waals surface area (Å²) >= 11 is 0. The first-order valence-electron chi connectivity index (χ1n) is 6.07. The topological polar surface area (TPSA) is 3.24 Å². The van der Waals surface area contributed by atoms with Crippen molar-refractivity contribution in [3.8, 4) is 0 Å². The third kappa shape index (κ3) is 2.53. The first-order valence-corrected chi connectivity index (χ1v) is 6.07. The molecule has 0 N–H and O–H groups in total. The summed E-state index contributed by atoms with van der Waals surface area (Å²) in [6.45, 7) is 7.16. The molecule has 1 heterocycles. The lowest BCUT2D eigenvalue weighted by molar-refractivity contribution is 0.322. The van der Waals surface area contributed by atoms with Crippen LogP contribution in [0.25, 0.3) is 0 Å². The van der Waals surface area contributed by atoms with Gasteiger partial charge in [0.15, 0.2) is 0 Å². The van der Waals surface area contributed by atoms with Crippen LogP contribution < -0.4 is 4.90 Å². The number of hydrogen-bond acceptors (Lipinski definition) is 1. The van der Waals surface area contributed by atoms with E-state index in [1.54, 1.807) is 0 Å². The van der Waals surface area contributed by atoms with E-state index in [0.29, 0.717) is 0 Å². The third-order valence-electron chi connectivity index (χ3n) is 3.52. The monoisotopic (exact) mass is 203 g/mol. The van der Waals surface area contributed by atoms with Crippen molar-refractivity contribution in [3.05, 3.63) is 30.3 Å². The molecule has 2 rings (SSSR count). The maximum atomic E-state index is 2.54. The third-order valence-corrected chi connectivity index (χ3v) is 3.52. The molecule has 1 aromatic carbocycles. The molecule has 15 heavy (non-hydrogen) atoms. The Bertz CT molecular complexity index is 291. The highest BCUT2D eigenvalue weighted by Crippen LogP contribution is 2.27. The molecule has 0 amide bonds. The van der Waals surface area contributed by atoms with Gasteiger partial charge in [0.1, 0.15) is 0 Å². The Balaban J connectivity index is 2.05. The van der Waals surface area contributed by atoms with Gasteiger partial charge in [0.05, 0.1) is 0 Å². The summed E-state index contributed by atoms with van der Waals surface area (Å²) in [5, 5.41) is 0. The van der Waals surface area contributed by atoms with Crippen LogP contribution in [-0.4, -0.2) is 13.1 Å². The minimum Gasteiger partial charge on any atom is -0.371 e. The van der Waals surface area contributed by atoms with E-state index < -0.39 is 0 Å². The van der Waals surface area contributed by atoms with Crippen LogP contribution in [0.2, 0.25) is 0 Å². The zero-order valence-corrected chi connectivity index (χ0v) is 9.82. The van der Waals surface area contributed by atoms with E-state index >= 15 is 0 Å². The summed E-state index contributed by atoms with van der Waals surface area (Å²) in [5.41, 5.74) is 1.39. The Morgan fingerprint density at radius 1 is 1.20 bits per heavy atom. The lowest BCUT2D eigenvalue weighted by Gasteiger charge is -2.36. The van der Waals surface area contributed by atoms with Crippen LogP contribution in [0.5, 0.6) is 0 Å². The quantitative estimate of drug-likeness (QED) is 0.710. The second-order valence-corrected chi connectivity index (χ2v) is 4.93. The molecular weight excluding hydrogens is 182 g/mol. The Labute approximate surface area is 93.1 Å². The molecule has 1 atom stereocenters. The predicted molar refractivity (Wildman–Crippen MR) is 66.2 cm³/mol. The van der Waals surface area contributed by atoms with E-state index in [4.69, 9.17) is 0 Å². The van der Waals surface area contributed by atoms with Crippen molar-refractivity contribution in [2.45, 2.75) is 26.7 Å². The molecule has 1 unspecified atom stereocenters. The smallest absolute Gasteiger partial charge is 0.0366 e. The van der Waals surface area contributed by atoms with Crippen LogP contribution in [0.15, 0.2) is 30.3 Å².